The zero-order valence-electron chi connectivity index (χ0n) is 12.9. The Bertz CT molecular complexity index is 481. The van der Waals surface area contributed by atoms with E-state index in [0.29, 0.717) is 5.16 Å². The van der Waals surface area contributed by atoms with Crippen molar-refractivity contribution in [3.8, 4) is 0 Å². The maximum absolute atomic E-state index is 10.7. The van der Waals surface area contributed by atoms with Crippen LogP contribution in [0.3, 0.4) is 0 Å². The van der Waals surface area contributed by atoms with Crippen LogP contribution < -0.4 is 4.90 Å². The van der Waals surface area contributed by atoms with Crippen LogP contribution in [0.1, 0.15) is 46.1 Å². The van der Waals surface area contributed by atoms with E-state index in [4.69, 9.17) is 5.11 Å². The largest absolute Gasteiger partial charge is 0.481 e. The fourth-order valence-electron chi connectivity index (χ4n) is 2.70. The van der Waals surface area contributed by atoms with E-state index in [-0.39, 0.29) is 11.8 Å². The molecule has 1 saturated heterocycles. The van der Waals surface area contributed by atoms with Gasteiger partial charge in [0.2, 0.25) is 5.95 Å². The molecule has 1 aliphatic heterocycles. The predicted octanol–water partition coefficient (Wildman–Crippen LogP) is 2.66. The Labute approximate surface area is 129 Å². The number of piperidine rings is 1. The summed E-state index contributed by atoms with van der Waals surface area (Å²) in [5.41, 5.74) is 0. The number of carbonyl (C=O) groups is 1. The average Bonchev–Trinajstić information content (AvgIpc) is 2.89. The van der Waals surface area contributed by atoms with Gasteiger partial charge in [0.1, 0.15) is 0 Å². The van der Waals surface area contributed by atoms with Gasteiger partial charge >= 0.3 is 5.97 Å². The molecule has 1 fully saturated rings. The number of carboxylic acids is 1. The summed E-state index contributed by atoms with van der Waals surface area (Å²) in [6, 6.07) is 0.218. The molecular formula is C14H24N4O2S. The van der Waals surface area contributed by atoms with Crippen molar-refractivity contribution >= 4 is 23.7 Å². The molecule has 7 heteroatoms. The van der Waals surface area contributed by atoms with Crippen LogP contribution in [0.2, 0.25) is 0 Å². The number of aromatic nitrogens is 3. The van der Waals surface area contributed by atoms with E-state index in [1.807, 2.05) is 0 Å². The highest BCUT2D eigenvalue weighted by Crippen LogP contribution is 2.29. The van der Waals surface area contributed by atoms with Crippen LogP contribution in [-0.2, 0) is 4.79 Å². The molecule has 6 nitrogen and oxygen atoms in total. The minimum atomic E-state index is -0.830. The van der Waals surface area contributed by atoms with Crippen molar-refractivity contribution in [1.82, 2.24) is 14.8 Å². The number of aliphatic carboxylic acids is 1. The fraction of sp³-hybridized carbons (Fsp3) is 0.786. The Morgan fingerprint density at radius 3 is 2.57 bits per heavy atom. The van der Waals surface area contributed by atoms with Crippen molar-refractivity contribution in [3.05, 3.63) is 0 Å². The molecule has 0 aliphatic carbocycles. The molecule has 1 aromatic heterocycles. The van der Waals surface area contributed by atoms with Crippen molar-refractivity contribution in [2.75, 3.05) is 23.7 Å². The third-order valence-corrected chi connectivity index (χ3v) is 4.89. The second kappa shape index (κ2) is 7.15. The highest BCUT2D eigenvalue weighted by molar-refractivity contribution is 7.99. The van der Waals surface area contributed by atoms with Gasteiger partial charge in [0.15, 0.2) is 5.16 Å². The second-order valence-corrected chi connectivity index (χ2v) is 6.71. The van der Waals surface area contributed by atoms with Crippen LogP contribution in [0.5, 0.6) is 0 Å². The first kappa shape index (κ1) is 16.1. The molecule has 0 spiro atoms. The summed E-state index contributed by atoms with van der Waals surface area (Å²) in [6.45, 7) is 8.42. The Balaban J connectivity index is 2.14. The summed E-state index contributed by atoms with van der Waals surface area (Å²) < 4.78 is 2.06. The summed E-state index contributed by atoms with van der Waals surface area (Å²) in [5.74, 6) is 0.886. The lowest BCUT2D eigenvalue weighted by molar-refractivity contribution is -0.133. The summed E-state index contributed by atoms with van der Waals surface area (Å²) in [6.07, 6.45) is 3.63. The molecular weight excluding hydrogens is 288 g/mol. The predicted molar refractivity (Wildman–Crippen MR) is 84.0 cm³/mol. The first-order chi connectivity index (χ1) is 10.0. The van der Waals surface area contributed by atoms with Gasteiger partial charge in [0.05, 0.1) is 5.75 Å². The SMILES string of the molecule is CCC1CCN(c2nnc(SCC(=O)O)n2C(C)C)CC1. The normalized spacial score (nSPS) is 16.7. The molecule has 118 valence electrons. The standard InChI is InChI=1S/C14H24N4O2S/c1-4-11-5-7-17(8-6-11)13-15-16-14(18(13)10(2)3)21-9-12(19)20/h10-11H,4-9H2,1-3H3,(H,19,20). The summed E-state index contributed by atoms with van der Waals surface area (Å²) in [7, 11) is 0. The van der Waals surface area contributed by atoms with Crippen molar-refractivity contribution in [2.45, 2.75) is 51.2 Å². The lowest BCUT2D eigenvalue weighted by atomic mass is 9.95. The Hall–Kier alpha value is -1.24. The number of nitrogens with zero attached hydrogens (tertiary/aromatic N) is 4. The van der Waals surface area contributed by atoms with Gasteiger partial charge in [-0.05, 0) is 32.6 Å². The summed E-state index contributed by atoms with van der Waals surface area (Å²) >= 11 is 1.24. The Kier molecular flexibility index (Phi) is 5.50. The van der Waals surface area contributed by atoms with Gasteiger partial charge < -0.3 is 10.0 Å². The molecule has 0 radical (unpaired) electrons. The molecule has 1 N–H and O–H groups in total. The second-order valence-electron chi connectivity index (χ2n) is 5.77. The molecule has 1 aromatic rings. The van der Waals surface area contributed by atoms with E-state index in [0.717, 1.165) is 25.0 Å². The van der Waals surface area contributed by atoms with E-state index in [2.05, 4.69) is 40.4 Å². The van der Waals surface area contributed by atoms with Crippen molar-refractivity contribution in [1.29, 1.82) is 0 Å². The number of anilines is 1. The maximum atomic E-state index is 10.7. The number of thioether (sulfide) groups is 1. The summed E-state index contributed by atoms with van der Waals surface area (Å²) in [4.78, 5) is 13.0. The lowest BCUT2D eigenvalue weighted by Gasteiger charge is -2.32. The third-order valence-electron chi connectivity index (χ3n) is 3.96. The number of carboxylic acid groups (broad SMARTS) is 1. The number of hydrogen-bond acceptors (Lipinski definition) is 5. The third kappa shape index (κ3) is 3.90. The van der Waals surface area contributed by atoms with E-state index < -0.39 is 5.97 Å². The molecule has 21 heavy (non-hydrogen) atoms. The van der Waals surface area contributed by atoms with Crippen molar-refractivity contribution < 1.29 is 9.90 Å². The van der Waals surface area contributed by atoms with E-state index in [9.17, 15) is 4.79 Å². The quantitative estimate of drug-likeness (QED) is 0.814. The highest BCUT2D eigenvalue weighted by atomic mass is 32.2. The Morgan fingerprint density at radius 1 is 1.38 bits per heavy atom. The molecule has 0 saturated carbocycles. The first-order valence-corrected chi connectivity index (χ1v) is 8.55. The number of hydrogen-bond donors (Lipinski definition) is 1. The van der Waals surface area contributed by atoms with E-state index in [1.165, 1.54) is 31.0 Å². The van der Waals surface area contributed by atoms with Crippen molar-refractivity contribution in [2.24, 2.45) is 5.92 Å². The topological polar surface area (TPSA) is 71.2 Å². The van der Waals surface area contributed by atoms with Gasteiger partial charge in [-0.25, -0.2) is 0 Å². The van der Waals surface area contributed by atoms with Crippen LogP contribution in [0.4, 0.5) is 5.95 Å². The van der Waals surface area contributed by atoms with Crippen LogP contribution in [-0.4, -0.2) is 44.7 Å². The van der Waals surface area contributed by atoms with Crippen LogP contribution in [0.15, 0.2) is 5.16 Å². The maximum Gasteiger partial charge on any atom is 0.313 e. The number of rotatable bonds is 6. The smallest absolute Gasteiger partial charge is 0.313 e. The first-order valence-electron chi connectivity index (χ1n) is 7.57. The van der Waals surface area contributed by atoms with Gasteiger partial charge in [-0.3, -0.25) is 9.36 Å². The van der Waals surface area contributed by atoms with Gasteiger partial charge in [0, 0.05) is 19.1 Å². The molecule has 2 rings (SSSR count). The minimum absolute atomic E-state index is 0.0166. The molecule has 0 amide bonds. The van der Waals surface area contributed by atoms with E-state index in [1.54, 1.807) is 0 Å². The fourth-order valence-corrected chi connectivity index (χ4v) is 3.49. The zero-order valence-corrected chi connectivity index (χ0v) is 13.8. The van der Waals surface area contributed by atoms with Gasteiger partial charge in [0.25, 0.3) is 0 Å². The highest BCUT2D eigenvalue weighted by Gasteiger charge is 2.24. The zero-order chi connectivity index (χ0) is 15.4. The van der Waals surface area contributed by atoms with E-state index >= 15 is 0 Å². The van der Waals surface area contributed by atoms with Crippen LogP contribution in [0, 0.1) is 5.92 Å². The van der Waals surface area contributed by atoms with Crippen molar-refractivity contribution in [3.63, 3.8) is 0 Å². The minimum Gasteiger partial charge on any atom is -0.481 e. The van der Waals surface area contributed by atoms with Crippen LogP contribution >= 0.6 is 11.8 Å². The molecule has 0 atom stereocenters. The monoisotopic (exact) mass is 312 g/mol. The molecule has 0 aromatic carbocycles. The lowest BCUT2D eigenvalue weighted by Crippen LogP contribution is -2.35. The molecule has 2 heterocycles. The van der Waals surface area contributed by atoms with Gasteiger partial charge in [-0.1, -0.05) is 25.1 Å². The van der Waals surface area contributed by atoms with Gasteiger partial charge in [-0.15, -0.1) is 10.2 Å². The summed E-state index contributed by atoms with van der Waals surface area (Å²) in [5, 5.41) is 18.0. The van der Waals surface area contributed by atoms with Gasteiger partial charge in [-0.2, -0.15) is 0 Å². The Morgan fingerprint density at radius 2 is 2.05 bits per heavy atom. The molecule has 0 unspecified atom stereocenters. The molecule has 0 bridgehead atoms. The molecule has 1 aliphatic rings. The van der Waals surface area contributed by atoms with Crippen LogP contribution in [0.25, 0.3) is 0 Å². The average molecular weight is 312 g/mol.